The average molecular weight is 205 g/mol. The molecule has 0 saturated heterocycles. The van der Waals surface area contributed by atoms with Gasteiger partial charge in [0, 0.05) is 6.04 Å². The maximum absolute atomic E-state index is 4.17. The van der Waals surface area contributed by atoms with Crippen LogP contribution in [0.3, 0.4) is 0 Å². The highest BCUT2D eigenvalue weighted by Gasteiger charge is 2.66. The summed E-state index contributed by atoms with van der Waals surface area (Å²) in [7, 11) is 0. The van der Waals surface area contributed by atoms with E-state index in [9.17, 15) is 0 Å². The molecule has 3 rings (SSSR count). The van der Waals surface area contributed by atoms with Crippen molar-refractivity contribution in [2.45, 2.75) is 39.2 Å². The van der Waals surface area contributed by atoms with Gasteiger partial charge in [-0.15, -0.1) is 0 Å². The number of nitrogens with one attached hydrogen (secondary N) is 1. The molecule has 1 nitrogen and oxygen atoms in total. The summed E-state index contributed by atoms with van der Waals surface area (Å²) >= 11 is 0. The predicted molar refractivity (Wildman–Crippen MR) is 63.6 cm³/mol. The average Bonchev–Trinajstić information content (AvgIpc) is 2.64. The van der Waals surface area contributed by atoms with Crippen LogP contribution in [0, 0.1) is 29.6 Å². The fraction of sp³-hybridized carbons (Fsp3) is 0.857. The lowest BCUT2D eigenvalue weighted by Gasteiger charge is -2.21. The van der Waals surface area contributed by atoms with Crippen LogP contribution in [0.15, 0.2) is 12.2 Å². The first-order valence-corrected chi connectivity index (χ1v) is 6.62. The van der Waals surface area contributed by atoms with Crippen LogP contribution in [-0.4, -0.2) is 12.6 Å². The van der Waals surface area contributed by atoms with Gasteiger partial charge in [0.25, 0.3) is 0 Å². The number of likely N-dealkylation sites (N-methyl/N-ethyl adjacent to an activating group) is 1. The van der Waals surface area contributed by atoms with Gasteiger partial charge >= 0.3 is 0 Å². The minimum atomic E-state index is 0.619. The Balaban J connectivity index is 1.72. The molecular weight excluding hydrogens is 182 g/mol. The number of fused-ring (bicyclic) bond motifs is 5. The van der Waals surface area contributed by atoms with Crippen LogP contribution in [0.25, 0.3) is 0 Å². The standard InChI is InChI=1S/C14H23N/c1-4-15-14(8(2)3)13-11-9-5-6-10(7-9)12(11)13/h9-15H,2,4-7H2,1,3H3. The fourth-order valence-electron chi connectivity index (χ4n) is 4.70. The second-order valence-electron chi connectivity index (χ2n) is 5.95. The summed E-state index contributed by atoms with van der Waals surface area (Å²) in [6.45, 7) is 9.67. The fourth-order valence-corrected chi connectivity index (χ4v) is 4.70. The summed E-state index contributed by atoms with van der Waals surface area (Å²) in [5.41, 5.74) is 1.36. The minimum Gasteiger partial charge on any atom is -0.310 e. The van der Waals surface area contributed by atoms with Gasteiger partial charge in [-0.2, -0.15) is 0 Å². The van der Waals surface area contributed by atoms with E-state index in [1.807, 2.05) is 0 Å². The first kappa shape index (κ1) is 9.89. The molecule has 3 saturated carbocycles. The monoisotopic (exact) mass is 205 g/mol. The molecule has 15 heavy (non-hydrogen) atoms. The normalized spacial score (nSPS) is 47.7. The molecule has 0 aromatic carbocycles. The van der Waals surface area contributed by atoms with Crippen LogP contribution in [0.4, 0.5) is 0 Å². The number of hydrogen-bond acceptors (Lipinski definition) is 1. The number of rotatable bonds is 4. The van der Waals surface area contributed by atoms with Crippen LogP contribution in [0.2, 0.25) is 0 Å². The molecule has 3 aliphatic rings. The largest absolute Gasteiger partial charge is 0.310 e. The Morgan fingerprint density at radius 3 is 2.40 bits per heavy atom. The highest BCUT2D eigenvalue weighted by molar-refractivity contribution is 5.21. The van der Waals surface area contributed by atoms with Crippen molar-refractivity contribution < 1.29 is 0 Å². The van der Waals surface area contributed by atoms with Gasteiger partial charge < -0.3 is 5.32 Å². The molecule has 0 spiro atoms. The van der Waals surface area contributed by atoms with Crippen molar-refractivity contribution in [2.75, 3.05) is 6.54 Å². The van der Waals surface area contributed by atoms with Gasteiger partial charge in [-0.1, -0.05) is 19.1 Å². The van der Waals surface area contributed by atoms with E-state index in [2.05, 4.69) is 25.7 Å². The van der Waals surface area contributed by atoms with Crippen LogP contribution < -0.4 is 5.32 Å². The highest BCUT2D eigenvalue weighted by Crippen LogP contribution is 2.70. The first-order valence-electron chi connectivity index (χ1n) is 6.62. The molecule has 3 fully saturated rings. The highest BCUT2D eigenvalue weighted by atomic mass is 14.9. The second-order valence-corrected chi connectivity index (χ2v) is 5.95. The van der Waals surface area contributed by atoms with Crippen LogP contribution >= 0.6 is 0 Å². The van der Waals surface area contributed by atoms with Crippen LogP contribution in [0.1, 0.15) is 33.1 Å². The van der Waals surface area contributed by atoms with Crippen molar-refractivity contribution in [1.82, 2.24) is 5.32 Å². The molecule has 1 heteroatoms. The molecular formula is C14H23N. The van der Waals surface area contributed by atoms with Gasteiger partial charge in [-0.05, 0) is 62.3 Å². The van der Waals surface area contributed by atoms with E-state index in [1.54, 1.807) is 6.42 Å². The topological polar surface area (TPSA) is 12.0 Å². The SMILES string of the molecule is C=C(C)C(NCC)C1C2C3CCC(C3)C21. The Labute approximate surface area is 93.3 Å². The molecule has 0 heterocycles. The quantitative estimate of drug-likeness (QED) is 0.696. The van der Waals surface area contributed by atoms with E-state index < -0.39 is 0 Å². The van der Waals surface area contributed by atoms with Crippen molar-refractivity contribution in [2.24, 2.45) is 29.6 Å². The summed E-state index contributed by atoms with van der Waals surface area (Å²) in [6.07, 6.45) is 4.61. The zero-order valence-corrected chi connectivity index (χ0v) is 10.00. The smallest absolute Gasteiger partial charge is 0.0308 e. The summed E-state index contributed by atoms with van der Waals surface area (Å²) < 4.78 is 0. The van der Waals surface area contributed by atoms with Crippen molar-refractivity contribution in [3.8, 4) is 0 Å². The third-order valence-electron chi connectivity index (χ3n) is 5.13. The third kappa shape index (κ3) is 1.32. The van der Waals surface area contributed by atoms with E-state index in [4.69, 9.17) is 0 Å². The Hall–Kier alpha value is -0.300. The molecule has 0 radical (unpaired) electrons. The Kier molecular flexibility index (Phi) is 2.21. The minimum absolute atomic E-state index is 0.619. The van der Waals surface area contributed by atoms with Crippen molar-refractivity contribution in [3.05, 3.63) is 12.2 Å². The molecule has 2 bridgehead atoms. The first-order chi connectivity index (χ1) is 7.24. The van der Waals surface area contributed by atoms with Crippen molar-refractivity contribution in [1.29, 1.82) is 0 Å². The molecule has 0 amide bonds. The van der Waals surface area contributed by atoms with E-state index in [0.29, 0.717) is 6.04 Å². The van der Waals surface area contributed by atoms with E-state index in [0.717, 1.165) is 36.1 Å². The van der Waals surface area contributed by atoms with Crippen LogP contribution in [-0.2, 0) is 0 Å². The summed E-state index contributed by atoms with van der Waals surface area (Å²) in [6, 6.07) is 0.619. The molecule has 84 valence electrons. The van der Waals surface area contributed by atoms with Gasteiger partial charge in [0.2, 0.25) is 0 Å². The Bertz CT molecular complexity index is 267. The lowest BCUT2D eigenvalue weighted by molar-refractivity contribution is 0.396. The molecule has 3 aliphatic carbocycles. The summed E-state index contributed by atoms with van der Waals surface area (Å²) in [5.74, 6) is 5.28. The Morgan fingerprint density at radius 1 is 1.33 bits per heavy atom. The lowest BCUT2D eigenvalue weighted by Crippen LogP contribution is -2.33. The molecule has 5 unspecified atom stereocenters. The Morgan fingerprint density at radius 2 is 1.93 bits per heavy atom. The van der Waals surface area contributed by atoms with E-state index in [1.165, 1.54) is 18.4 Å². The second kappa shape index (κ2) is 3.35. The lowest BCUT2D eigenvalue weighted by atomic mass is 9.94. The predicted octanol–water partition coefficient (Wildman–Crippen LogP) is 2.83. The molecule has 5 atom stereocenters. The maximum atomic E-state index is 4.17. The summed E-state index contributed by atoms with van der Waals surface area (Å²) in [4.78, 5) is 0. The van der Waals surface area contributed by atoms with Crippen LogP contribution in [0.5, 0.6) is 0 Å². The summed E-state index contributed by atoms with van der Waals surface area (Å²) in [5, 5.41) is 3.64. The third-order valence-corrected chi connectivity index (χ3v) is 5.13. The van der Waals surface area contributed by atoms with Crippen molar-refractivity contribution >= 4 is 0 Å². The van der Waals surface area contributed by atoms with Crippen molar-refractivity contribution in [3.63, 3.8) is 0 Å². The molecule has 0 aromatic rings. The number of hydrogen-bond donors (Lipinski definition) is 1. The van der Waals surface area contributed by atoms with Gasteiger partial charge in [0.05, 0.1) is 0 Å². The van der Waals surface area contributed by atoms with Gasteiger partial charge in [-0.25, -0.2) is 0 Å². The van der Waals surface area contributed by atoms with Gasteiger partial charge in [0.15, 0.2) is 0 Å². The zero-order chi connectivity index (χ0) is 10.6. The molecule has 0 aliphatic heterocycles. The van der Waals surface area contributed by atoms with E-state index in [-0.39, 0.29) is 0 Å². The van der Waals surface area contributed by atoms with Gasteiger partial charge in [0.1, 0.15) is 0 Å². The maximum Gasteiger partial charge on any atom is 0.0308 e. The molecule has 0 aromatic heterocycles. The van der Waals surface area contributed by atoms with E-state index >= 15 is 0 Å². The molecule has 1 N–H and O–H groups in total. The van der Waals surface area contributed by atoms with Gasteiger partial charge in [-0.3, -0.25) is 0 Å². The zero-order valence-electron chi connectivity index (χ0n) is 10.00.